The van der Waals surface area contributed by atoms with Crippen LogP contribution in [0, 0.1) is 0 Å². The maximum Gasteiger partial charge on any atom is 0.341 e. The summed E-state index contributed by atoms with van der Waals surface area (Å²) in [6.45, 7) is 1.39. The van der Waals surface area contributed by atoms with Crippen molar-refractivity contribution in [3.63, 3.8) is 0 Å². The van der Waals surface area contributed by atoms with Gasteiger partial charge in [0.1, 0.15) is 15.3 Å². The number of carbonyl (C=O) groups is 3. The number of fused-ring (bicyclic) bond motifs is 1. The first kappa shape index (κ1) is 18.1. The summed E-state index contributed by atoms with van der Waals surface area (Å²) in [5, 5.41) is 14.6. The number of H-pyrrole nitrogens is 1. The molecule has 0 aliphatic carbocycles. The number of nitrogens with one attached hydrogen (secondary N) is 3. The molecule has 0 aliphatic heterocycles. The molecule has 1 aromatic carbocycles. The summed E-state index contributed by atoms with van der Waals surface area (Å²) >= 11 is 0.955. The number of pyridine rings is 1. The van der Waals surface area contributed by atoms with Crippen molar-refractivity contribution in [2.24, 2.45) is 0 Å². The van der Waals surface area contributed by atoms with Gasteiger partial charge in [0.05, 0.1) is 5.69 Å². The summed E-state index contributed by atoms with van der Waals surface area (Å²) < 4.78 is 0. The van der Waals surface area contributed by atoms with Gasteiger partial charge in [-0.2, -0.15) is 0 Å². The van der Waals surface area contributed by atoms with Crippen LogP contribution in [-0.4, -0.2) is 27.9 Å². The Balaban J connectivity index is 1.89. The predicted octanol–water partition coefficient (Wildman–Crippen LogP) is 2.08. The monoisotopic (exact) mass is 386 g/mol. The van der Waals surface area contributed by atoms with E-state index in [4.69, 9.17) is 10.8 Å². The Kier molecular flexibility index (Phi) is 4.65. The Morgan fingerprint density at radius 3 is 2.26 bits per heavy atom. The highest BCUT2D eigenvalue weighted by molar-refractivity contribution is 7.21. The van der Waals surface area contributed by atoms with Gasteiger partial charge in [0.25, 0.3) is 11.5 Å². The molecule has 2 heterocycles. The minimum Gasteiger partial charge on any atom is -0.477 e. The molecule has 138 valence electrons. The van der Waals surface area contributed by atoms with Crippen LogP contribution in [0.4, 0.5) is 17.1 Å². The molecular formula is C17H14N4O5S. The Hall–Kier alpha value is -3.66. The molecule has 10 heteroatoms. The van der Waals surface area contributed by atoms with Crippen LogP contribution in [0.2, 0.25) is 0 Å². The average Bonchev–Trinajstić information content (AvgIpc) is 2.91. The van der Waals surface area contributed by atoms with Gasteiger partial charge in [-0.3, -0.25) is 14.4 Å². The van der Waals surface area contributed by atoms with Crippen molar-refractivity contribution in [2.75, 3.05) is 16.4 Å². The van der Waals surface area contributed by atoms with Crippen molar-refractivity contribution in [2.45, 2.75) is 6.92 Å². The maximum absolute atomic E-state index is 12.5. The fourth-order valence-corrected chi connectivity index (χ4v) is 3.42. The molecule has 0 fully saturated rings. The number of nitrogens with two attached hydrogens (primary N) is 1. The number of amides is 2. The zero-order chi connectivity index (χ0) is 19.7. The van der Waals surface area contributed by atoms with Gasteiger partial charge in [-0.15, -0.1) is 11.3 Å². The summed E-state index contributed by atoms with van der Waals surface area (Å²) in [6.07, 6.45) is 0. The Morgan fingerprint density at radius 2 is 1.70 bits per heavy atom. The minimum absolute atomic E-state index is 0.0844. The molecule has 9 nitrogen and oxygen atoms in total. The number of benzene rings is 1. The zero-order valence-electron chi connectivity index (χ0n) is 14.0. The fraction of sp³-hybridized carbons (Fsp3) is 0.0588. The van der Waals surface area contributed by atoms with E-state index in [9.17, 15) is 19.2 Å². The van der Waals surface area contributed by atoms with E-state index in [1.165, 1.54) is 6.92 Å². The normalized spacial score (nSPS) is 10.6. The third-order valence-electron chi connectivity index (χ3n) is 3.64. The average molecular weight is 386 g/mol. The minimum atomic E-state index is -1.38. The number of hydrogen-bond donors (Lipinski definition) is 5. The quantitative estimate of drug-likeness (QED) is 0.462. The highest BCUT2D eigenvalue weighted by Crippen LogP contribution is 2.32. The van der Waals surface area contributed by atoms with Gasteiger partial charge in [-0.05, 0) is 30.3 Å². The van der Waals surface area contributed by atoms with Gasteiger partial charge < -0.3 is 26.5 Å². The van der Waals surface area contributed by atoms with Gasteiger partial charge >= 0.3 is 5.97 Å². The van der Waals surface area contributed by atoms with E-state index < -0.39 is 23.0 Å². The van der Waals surface area contributed by atoms with E-state index in [2.05, 4.69) is 15.6 Å². The van der Waals surface area contributed by atoms with Crippen molar-refractivity contribution in [1.29, 1.82) is 0 Å². The van der Waals surface area contributed by atoms with E-state index in [0.29, 0.717) is 21.6 Å². The van der Waals surface area contributed by atoms with Gasteiger partial charge in [-0.25, -0.2) is 4.79 Å². The largest absolute Gasteiger partial charge is 0.477 e. The van der Waals surface area contributed by atoms with Crippen molar-refractivity contribution in [3.05, 3.63) is 51.1 Å². The number of carboxylic acids is 1. The number of hydrogen-bond acceptors (Lipinski definition) is 6. The lowest BCUT2D eigenvalue weighted by Crippen LogP contribution is -2.16. The molecular weight excluding hydrogens is 372 g/mol. The van der Waals surface area contributed by atoms with Crippen LogP contribution in [0.15, 0.2) is 35.1 Å². The summed E-state index contributed by atoms with van der Waals surface area (Å²) in [5.41, 5.74) is 5.91. The molecule has 0 spiro atoms. The Morgan fingerprint density at radius 1 is 1.11 bits per heavy atom. The number of rotatable bonds is 4. The second-order valence-electron chi connectivity index (χ2n) is 5.62. The number of thiophene rings is 1. The van der Waals surface area contributed by atoms with Crippen LogP contribution in [0.25, 0.3) is 10.2 Å². The summed E-state index contributed by atoms with van der Waals surface area (Å²) in [4.78, 5) is 49.3. The molecule has 0 saturated carbocycles. The Labute approximate surface area is 155 Å². The first-order valence-electron chi connectivity index (χ1n) is 7.64. The first-order chi connectivity index (χ1) is 12.8. The molecule has 0 saturated heterocycles. The fourth-order valence-electron chi connectivity index (χ4n) is 2.43. The molecule has 6 N–H and O–H groups in total. The number of anilines is 3. The van der Waals surface area contributed by atoms with Gasteiger partial charge in [0.15, 0.2) is 0 Å². The second kappa shape index (κ2) is 6.92. The summed E-state index contributed by atoms with van der Waals surface area (Å²) in [7, 11) is 0. The number of nitrogen functional groups attached to an aromatic ring is 1. The lowest BCUT2D eigenvalue weighted by Gasteiger charge is -2.06. The third-order valence-corrected chi connectivity index (χ3v) is 4.78. The number of aromatic carboxylic acids is 1. The van der Waals surface area contributed by atoms with Crippen LogP contribution in [-0.2, 0) is 4.79 Å². The number of aromatic amines is 1. The molecule has 3 rings (SSSR count). The zero-order valence-corrected chi connectivity index (χ0v) is 14.8. The molecule has 0 aliphatic rings. The van der Waals surface area contributed by atoms with Crippen LogP contribution in [0.1, 0.15) is 27.0 Å². The third kappa shape index (κ3) is 3.65. The lowest BCUT2D eigenvalue weighted by molar-refractivity contribution is -0.114. The topological polar surface area (TPSA) is 154 Å². The molecule has 27 heavy (non-hydrogen) atoms. The van der Waals surface area contributed by atoms with Gasteiger partial charge in [0.2, 0.25) is 5.91 Å². The SMILES string of the molecule is CC(=O)Nc1ccc(NC(=O)c2sc3[nH]c(=O)c(C(=O)O)cc3c2N)cc1. The van der Waals surface area contributed by atoms with Crippen LogP contribution >= 0.6 is 11.3 Å². The van der Waals surface area contributed by atoms with E-state index in [-0.39, 0.29) is 16.5 Å². The number of carboxylic acid groups (broad SMARTS) is 1. The first-order valence-corrected chi connectivity index (χ1v) is 8.45. The van der Waals surface area contributed by atoms with Crippen LogP contribution in [0.5, 0.6) is 0 Å². The molecule has 2 aromatic heterocycles. The molecule has 0 atom stereocenters. The van der Waals surface area contributed by atoms with E-state index in [1.807, 2.05) is 0 Å². The van der Waals surface area contributed by atoms with Crippen molar-refractivity contribution < 1.29 is 19.5 Å². The molecule has 2 amide bonds. The number of aromatic nitrogens is 1. The van der Waals surface area contributed by atoms with Gasteiger partial charge in [-0.1, -0.05) is 0 Å². The highest BCUT2D eigenvalue weighted by atomic mass is 32.1. The predicted molar refractivity (Wildman–Crippen MR) is 103 cm³/mol. The highest BCUT2D eigenvalue weighted by Gasteiger charge is 2.20. The standard InChI is InChI=1S/C17H14N4O5S/c1-7(22)19-8-2-4-9(5-3-8)20-15(24)13-12(18)10-6-11(17(25)26)14(23)21-16(10)27-13/h2-6H,18H2,1H3,(H,19,22)(H,20,24)(H,21,23)(H,25,26). The number of carbonyl (C=O) groups excluding carboxylic acids is 2. The van der Waals surface area contributed by atoms with Crippen molar-refractivity contribution >= 4 is 56.4 Å². The molecule has 0 bridgehead atoms. The molecule has 0 radical (unpaired) electrons. The maximum atomic E-state index is 12.5. The van der Waals surface area contributed by atoms with E-state index in [1.54, 1.807) is 24.3 Å². The van der Waals surface area contributed by atoms with Crippen molar-refractivity contribution in [1.82, 2.24) is 4.98 Å². The second-order valence-corrected chi connectivity index (χ2v) is 6.64. The van der Waals surface area contributed by atoms with Crippen LogP contribution in [0.3, 0.4) is 0 Å². The molecule has 0 unspecified atom stereocenters. The summed E-state index contributed by atoms with van der Waals surface area (Å²) in [6, 6.07) is 7.62. The smallest absolute Gasteiger partial charge is 0.341 e. The molecule has 3 aromatic rings. The van der Waals surface area contributed by atoms with Crippen molar-refractivity contribution in [3.8, 4) is 0 Å². The lowest BCUT2D eigenvalue weighted by atomic mass is 10.2. The van der Waals surface area contributed by atoms with E-state index in [0.717, 1.165) is 17.4 Å². The van der Waals surface area contributed by atoms with E-state index >= 15 is 0 Å². The van der Waals surface area contributed by atoms with Gasteiger partial charge in [0, 0.05) is 23.7 Å². The summed E-state index contributed by atoms with van der Waals surface area (Å²) in [5.74, 6) is -2.09. The Bertz CT molecular complexity index is 1130. The van der Waals surface area contributed by atoms with Crippen LogP contribution < -0.4 is 21.9 Å².